The second-order valence-corrected chi connectivity index (χ2v) is 7.23. The summed E-state index contributed by atoms with van der Waals surface area (Å²) in [4.78, 5) is 18.5. The van der Waals surface area contributed by atoms with Crippen molar-refractivity contribution < 1.29 is 14.7 Å². The molecule has 1 amide bonds. The van der Waals surface area contributed by atoms with E-state index in [4.69, 9.17) is 9.94 Å². The van der Waals surface area contributed by atoms with Gasteiger partial charge in [-0.05, 0) is 37.3 Å². The molecule has 23 heavy (non-hydrogen) atoms. The van der Waals surface area contributed by atoms with Crippen molar-refractivity contribution in [1.82, 2.24) is 15.4 Å². The van der Waals surface area contributed by atoms with Crippen molar-refractivity contribution in [1.29, 1.82) is 0 Å². The van der Waals surface area contributed by atoms with Gasteiger partial charge in [0.15, 0.2) is 0 Å². The minimum absolute atomic E-state index is 0.419. The highest BCUT2D eigenvalue weighted by Crippen LogP contribution is 2.44. The lowest BCUT2D eigenvalue weighted by Gasteiger charge is -2.50. The van der Waals surface area contributed by atoms with Crippen molar-refractivity contribution in [2.45, 2.75) is 44.7 Å². The molecule has 124 valence electrons. The second-order valence-electron chi connectivity index (χ2n) is 7.23. The third kappa shape index (κ3) is 2.75. The Kier molecular flexibility index (Phi) is 3.83. The zero-order chi connectivity index (χ0) is 15.9. The third-order valence-corrected chi connectivity index (χ3v) is 5.69. The van der Waals surface area contributed by atoms with Crippen LogP contribution >= 0.6 is 0 Å². The average molecular weight is 317 g/mol. The smallest absolute Gasteiger partial charge is 0.276 e. The molecular weight excluding hydrogens is 294 g/mol. The van der Waals surface area contributed by atoms with Crippen LogP contribution in [0.4, 0.5) is 0 Å². The molecule has 1 saturated carbocycles. The number of carbonyl (C=O) groups is 1. The van der Waals surface area contributed by atoms with E-state index in [1.807, 2.05) is 6.07 Å². The summed E-state index contributed by atoms with van der Waals surface area (Å²) in [5.41, 5.74) is 4.72. The summed E-state index contributed by atoms with van der Waals surface area (Å²) in [7, 11) is 0. The Morgan fingerprint density at radius 2 is 2.35 bits per heavy atom. The van der Waals surface area contributed by atoms with Crippen LogP contribution in [0.1, 0.15) is 47.3 Å². The summed E-state index contributed by atoms with van der Waals surface area (Å²) >= 11 is 0. The average Bonchev–Trinajstić information content (AvgIpc) is 2.59. The maximum Gasteiger partial charge on any atom is 0.276 e. The van der Waals surface area contributed by atoms with Crippen LogP contribution in [0.2, 0.25) is 0 Å². The Balaban J connectivity index is 1.47. The SMILES string of the molecule is O=C(NO)c1cnc2c(c1)CCN([C@H]1CCCC3(COC3)C1)C2. The fraction of sp³-hybridized carbons (Fsp3) is 0.647. The van der Waals surface area contributed by atoms with Crippen LogP contribution in [0.5, 0.6) is 0 Å². The lowest BCUT2D eigenvalue weighted by Crippen LogP contribution is -2.52. The fourth-order valence-electron chi connectivity index (χ4n) is 4.31. The number of ether oxygens (including phenoxy) is 1. The van der Waals surface area contributed by atoms with Crippen LogP contribution in [-0.2, 0) is 17.7 Å². The van der Waals surface area contributed by atoms with Gasteiger partial charge in [0.05, 0.1) is 24.5 Å². The minimum atomic E-state index is -0.498. The minimum Gasteiger partial charge on any atom is -0.380 e. The van der Waals surface area contributed by atoms with Gasteiger partial charge in [0.25, 0.3) is 5.91 Å². The molecule has 1 aromatic heterocycles. The molecule has 0 unspecified atom stereocenters. The first-order valence-electron chi connectivity index (χ1n) is 8.43. The van der Waals surface area contributed by atoms with Crippen molar-refractivity contribution in [2.75, 3.05) is 19.8 Å². The van der Waals surface area contributed by atoms with Gasteiger partial charge in [-0.3, -0.25) is 19.9 Å². The van der Waals surface area contributed by atoms with Gasteiger partial charge in [-0.2, -0.15) is 0 Å². The van der Waals surface area contributed by atoms with Crippen molar-refractivity contribution >= 4 is 5.91 Å². The number of hydrogen-bond acceptors (Lipinski definition) is 5. The van der Waals surface area contributed by atoms with Crippen molar-refractivity contribution in [2.24, 2.45) is 5.41 Å². The van der Waals surface area contributed by atoms with E-state index in [0.29, 0.717) is 17.0 Å². The summed E-state index contributed by atoms with van der Waals surface area (Å²) in [5, 5.41) is 8.74. The first-order chi connectivity index (χ1) is 11.2. The number of aromatic nitrogens is 1. The summed E-state index contributed by atoms with van der Waals surface area (Å²) < 4.78 is 5.46. The number of carbonyl (C=O) groups excluding carboxylic acids is 1. The zero-order valence-electron chi connectivity index (χ0n) is 13.3. The molecule has 1 aliphatic carbocycles. The van der Waals surface area contributed by atoms with Crippen molar-refractivity contribution in [3.63, 3.8) is 0 Å². The largest absolute Gasteiger partial charge is 0.380 e. The van der Waals surface area contributed by atoms with Crippen molar-refractivity contribution in [3.05, 3.63) is 29.1 Å². The molecule has 1 aromatic rings. The lowest BCUT2D eigenvalue weighted by molar-refractivity contribution is -0.144. The fourth-order valence-corrected chi connectivity index (χ4v) is 4.31. The molecular formula is C17H23N3O3. The van der Waals surface area contributed by atoms with Crippen LogP contribution in [0.3, 0.4) is 0 Å². The Morgan fingerprint density at radius 1 is 1.48 bits per heavy atom. The van der Waals surface area contributed by atoms with E-state index in [1.165, 1.54) is 25.7 Å². The summed E-state index contributed by atoms with van der Waals surface area (Å²) in [6.07, 6.45) is 7.58. The second kappa shape index (κ2) is 5.85. The van der Waals surface area contributed by atoms with E-state index in [2.05, 4.69) is 9.88 Å². The Labute approximate surface area is 135 Å². The van der Waals surface area contributed by atoms with Gasteiger partial charge in [0.1, 0.15) is 0 Å². The monoisotopic (exact) mass is 317 g/mol. The molecule has 2 fully saturated rings. The molecule has 0 radical (unpaired) electrons. The van der Waals surface area contributed by atoms with Gasteiger partial charge in [-0.15, -0.1) is 0 Å². The summed E-state index contributed by atoms with van der Waals surface area (Å²) in [6.45, 7) is 3.75. The number of hydroxylamine groups is 1. The highest BCUT2D eigenvalue weighted by molar-refractivity contribution is 5.93. The highest BCUT2D eigenvalue weighted by atomic mass is 16.5. The molecule has 0 bridgehead atoms. The zero-order valence-corrected chi connectivity index (χ0v) is 13.3. The highest BCUT2D eigenvalue weighted by Gasteiger charge is 2.44. The molecule has 3 heterocycles. The lowest BCUT2D eigenvalue weighted by atomic mass is 9.70. The number of rotatable bonds is 2. The molecule has 0 aromatic carbocycles. The van der Waals surface area contributed by atoms with E-state index in [1.54, 1.807) is 11.7 Å². The Morgan fingerprint density at radius 3 is 3.09 bits per heavy atom. The standard InChI is InChI=1S/C17H23N3O3/c21-16(19-22)13-6-12-3-5-20(9-15(12)18-8-13)14-2-1-4-17(7-14)10-23-11-17/h6,8,14,22H,1-5,7,9-11H2,(H,19,21)/t14-/m0/s1. The first kappa shape index (κ1) is 15.1. The van der Waals surface area contributed by atoms with Crippen molar-refractivity contribution in [3.8, 4) is 0 Å². The van der Waals surface area contributed by atoms with E-state index in [0.717, 1.165) is 44.0 Å². The molecule has 2 N–H and O–H groups in total. The molecule has 6 nitrogen and oxygen atoms in total. The van der Waals surface area contributed by atoms with Gasteiger partial charge >= 0.3 is 0 Å². The number of nitrogens with one attached hydrogen (secondary N) is 1. The first-order valence-corrected chi connectivity index (χ1v) is 8.43. The molecule has 3 aliphatic rings. The molecule has 1 spiro atoms. The molecule has 1 saturated heterocycles. The molecule has 1 atom stereocenters. The van der Waals surface area contributed by atoms with Crippen LogP contribution in [-0.4, -0.2) is 46.8 Å². The molecule has 4 rings (SSSR count). The summed E-state index contributed by atoms with van der Waals surface area (Å²) in [5.74, 6) is -0.498. The quantitative estimate of drug-likeness (QED) is 0.639. The molecule has 6 heteroatoms. The number of nitrogens with zero attached hydrogens (tertiary/aromatic N) is 2. The third-order valence-electron chi connectivity index (χ3n) is 5.69. The Hall–Kier alpha value is -1.50. The number of pyridine rings is 1. The molecule has 2 aliphatic heterocycles. The maximum absolute atomic E-state index is 11.5. The number of hydrogen-bond donors (Lipinski definition) is 2. The van der Waals surface area contributed by atoms with Gasteiger partial charge in [-0.1, -0.05) is 6.42 Å². The number of fused-ring (bicyclic) bond motifs is 1. The predicted molar refractivity (Wildman–Crippen MR) is 83.1 cm³/mol. The van der Waals surface area contributed by atoms with Gasteiger partial charge < -0.3 is 4.74 Å². The van der Waals surface area contributed by atoms with Gasteiger partial charge in [-0.25, -0.2) is 5.48 Å². The normalized spacial score (nSPS) is 26.4. The van der Waals surface area contributed by atoms with E-state index in [-0.39, 0.29) is 0 Å². The van der Waals surface area contributed by atoms with Crippen LogP contribution in [0.15, 0.2) is 12.3 Å². The predicted octanol–water partition coefficient (Wildman–Crippen LogP) is 1.52. The summed E-state index contributed by atoms with van der Waals surface area (Å²) in [6, 6.07) is 2.48. The van der Waals surface area contributed by atoms with Crippen LogP contribution in [0.25, 0.3) is 0 Å². The van der Waals surface area contributed by atoms with E-state index >= 15 is 0 Å². The maximum atomic E-state index is 11.5. The van der Waals surface area contributed by atoms with Crippen LogP contribution in [0, 0.1) is 5.41 Å². The van der Waals surface area contributed by atoms with E-state index < -0.39 is 5.91 Å². The van der Waals surface area contributed by atoms with Gasteiger partial charge in [0.2, 0.25) is 0 Å². The van der Waals surface area contributed by atoms with E-state index in [9.17, 15) is 4.79 Å². The Bertz CT molecular complexity index is 615. The van der Waals surface area contributed by atoms with Gasteiger partial charge in [0, 0.05) is 30.7 Å². The number of amides is 1. The topological polar surface area (TPSA) is 74.7 Å². The van der Waals surface area contributed by atoms with Crippen LogP contribution < -0.4 is 5.48 Å².